The topological polar surface area (TPSA) is 73.0 Å². The zero-order valence-electron chi connectivity index (χ0n) is 25.1. The predicted molar refractivity (Wildman–Crippen MR) is 177 cm³/mol. The minimum atomic E-state index is -4.15. The summed E-state index contributed by atoms with van der Waals surface area (Å²) in [4.78, 5) is 19.3. The molecule has 0 saturated carbocycles. The molecule has 0 aromatic heterocycles. The Balaban J connectivity index is 1.42. The number of sulfonamides is 1. The molecule has 3 aromatic rings. The molecular formula is C34H40Cl2N4O3S. The lowest BCUT2D eigenvalue weighted by molar-refractivity contribution is -0.142. The molecule has 234 valence electrons. The van der Waals surface area contributed by atoms with Crippen LogP contribution in [0.15, 0.2) is 71.6 Å². The number of hydrogen-bond acceptors (Lipinski definition) is 5. The smallest absolute Gasteiger partial charge is 0.264 e. The molecule has 3 aromatic carbocycles. The molecule has 1 amide bonds. The summed E-state index contributed by atoms with van der Waals surface area (Å²) >= 11 is 12.5. The van der Waals surface area contributed by atoms with Crippen molar-refractivity contribution < 1.29 is 13.2 Å². The normalized spacial score (nSPS) is 19.7. The number of nitrogens with zero attached hydrogens (tertiary/aromatic N) is 3. The van der Waals surface area contributed by atoms with Gasteiger partial charge >= 0.3 is 0 Å². The highest BCUT2D eigenvalue weighted by atomic mass is 35.5. The Morgan fingerprint density at radius 3 is 2.02 bits per heavy atom. The molecule has 2 saturated heterocycles. The van der Waals surface area contributed by atoms with Crippen LogP contribution in [0.25, 0.3) is 11.1 Å². The van der Waals surface area contributed by atoms with Crippen molar-refractivity contribution in [1.82, 2.24) is 15.1 Å². The Bertz CT molecular complexity index is 1600. The number of fused-ring (bicyclic) bond motifs is 3. The molecule has 0 aliphatic carbocycles. The van der Waals surface area contributed by atoms with E-state index in [1.54, 1.807) is 0 Å². The molecule has 2 fully saturated rings. The molecule has 3 aliphatic rings. The Morgan fingerprint density at radius 2 is 1.41 bits per heavy atom. The minimum Gasteiger partial charge on any atom is -0.325 e. The van der Waals surface area contributed by atoms with Crippen molar-refractivity contribution in [2.24, 2.45) is 0 Å². The molecule has 0 radical (unpaired) electrons. The van der Waals surface area contributed by atoms with Crippen LogP contribution in [0.1, 0.15) is 69.9 Å². The number of carbonyl (C=O) groups is 1. The molecule has 0 spiro atoms. The fraction of sp³-hybridized carbons (Fsp3) is 0.441. The minimum absolute atomic E-state index is 0.0241. The molecule has 1 atom stereocenters. The van der Waals surface area contributed by atoms with Crippen molar-refractivity contribution in [3.8, 4) is 11.1 Å². The average molecular weight is 656 g/mol. The van der Waals surface area contributed by atoms with E-state index >= 15 is 0 Å². The van der Waals surface area contributed by atoms with E-state index in [1.807, 2.05) is 48.5 Å². The van der Waals surface area contributed by atoms with Crippen LogP contribution in [-0.2, 0) is 14.8 Å². The number of hydrogen-bond donors (Lipinski definition) is 1. The van der Waals surface area contributed by atoms with Gasteiger partial charge < -0.3 is 5.32 Å². The van der Waals surface area contributed by atoms with Crippen LogP contribution in [-0.4, -0.2) is 56.1 Å². The predicted octanol–water partition coefficient (Wildman–Crippen LogP) is 7.45. The van der Waals surface area contributed by atoms with E-state index in [2.05, 4.69) is 22.0 Å². The second kappa shape index (κ2) is 13.0. The van der Waals surface area contributed by atoms with Crippen LogP contribution in [0.3, 0.4) is 0 Å². The average Bonchev–Trinajstić information content (AvgIpc) is 3.05. The van der Waals surface area contributed by atoms with Crippen LogP contribution in [0.2, 0.25) is 10.0 Å². The van der Waals surface area contributed by atoms with Gasteiger partial charge in [0.25, 0.3) is 10.0 Å². The second-order valence-electron chi connectivity index (χ2n) is 12.0. The van der Waals surface area contributed by atoms with Crippen molar-refractivity contribution in [2.75, 3.05) is 30.5 Å². The number of halogens is 2. The molecule has 0 bridgehead atoms. The SMILES string of the molecule is CCC(NC(=O)CC1c2ccccc2-c2ccccc2N1S(=O)(=O)c1ccc(Cl)c(Cl)c1)(N1CCCCC1)N1CCCCC1. The maximum Gasteiger partial charge on any atom is 0.264 e. The number of benzene rings is 3. The van der Waals surface area contributed by atoms with Gasteiger partial charge in [-0.2, -0.15) is 0 Å². The third-order valence-electron chi connectivity index (χ3n) is 9.45. The third kappa shape index (κ3) is 5.76. The highest BCUT2D eigenvalue weighted by Gasteiger charge is 2.45. The molecule has 1 N–H and O–H groups in total. The number of rotatable bonds is 8. The Morgan fingerprint density at radius 1 is 0.818 bits per heavy atom. The summed E-state index contributed by atoms with van der Waals surface area (Å²) in [7, 11) is -4.15. The number of para-hydroxylation sites is 1. The fourth-order valence-corrected chi connectivity index (χ4v) is 9.37. The van der Waals surface area contributed by atoms with E-state index in [9.17, 15) is 13.2 Å². The fourth-order valence-electron chi connectivity index (χ4n) is 7.33. The lowest BCUT2D eigenvalue weighted by atomic mass is 9.88. The van der Waals surface area contributed by atoms with Gasteiger partial charge in [-0.3, -0.25) is 18.9 Å². The summed E-state index contributed by atoms with van der Waals surface area (Å²) in [5.74, 6) is -0.770. The van der Waals surface area contributed by atoms with Gasteiger partial charge in [-0.1, -0.05) is 85.4 Å². The molecular weight excluding hydrogens is 615 g/mol. The summed E-state index contributed by atoms with van der Waals surface area (Å²) in [5.41, 5.74) is 3.05. The van der Waals surface area contributed by atoms with E-state index in [-0.39, 0.29) is 27.3 Å². The largest absolute Gasteiger partial charge is 0.325 e. The van der Waals surface area contributed by atoms with Gasteiger partial charge in [-0.15, -0.1) is 0 Å². The van der Waals surface area contributed by atoms with Crippen LogP contribution in [0.5, 0.6) is 0 Å². The zero-order chi connectivity index (χ0) is 30.9. The van der Waals surface area contributed by atoms with Crippen LogP contribution >= 0.6 is 23.2 Å². The lowest BCUT2D eigenvalue weighted by Crippen LogP contribution is -2.71. The van der Waals surface area contributed by atoms with Gasteiger partial charge in [0.05, 0.1) is 33.1 Å². The highest BCUT2D eigenvalue weighted by molar-refractivity contribution is 7.92. The lowest BCUT2D eigenvalue weighted by Gasteiger charge is -2.53. The van der Waals surface area contributed by atoms with Crippen LogP contribution in [0, 0.1) is 0 Å². The van der Waals surface area contributed by atoms with Crippen molar-refractivity contribution >= 4 is 44.8 Å². The number of nitrogens with one attached hydrogen (secondary N) is 1. The van der Waals surface area contributed by atoms with E-state index in [1.165, 1.54) is 35.3 Å². The summed E-state index contributed by atoms with van der Waals surface area (Å²) in [5, 5.41) is 3.93. The van der Waals surface area contributed by atoms with Gasteiger partial charge in [0.15, 0.2) is 5.79 Å². The first kappa shape index (κ1) is 31.4. The maximum absolute atomic E-state index is 14.5. The van der Waals surface area contributed by atoms with Gasteiger partial charge in [0.2, 0.25) is 5.91 Å². The number of carbonyl (C=O) groups excluding carboxylic acids is 1. The number of anilines is 1. The van der Waals surface area contributed by atoms with Gasteiger partial charge in [-0.25, -0.2) is 8.42 Å². The summed E-state index contributed by atoms with van der Waals surface area (Å²) in [6.07, 6.45) is 7.53. The highest BCUT2D eigenvalue weighted by Crippen LogP contribution is 2.48. The standard InChI is InChI=1S/C34H40Cl2N4O3S/c1-2-34(38-19-9-3-10-20-38,39-21-11-4-12-22-39)37-33(41)24-32-28-15-6-5-13-26(28)27-14-7-8-16-31(27)40(32)44(42,43)25-17-18-29(35)30(36)23-25/h5-8,13-18,23,32H,2-4,9-12,19-22,24H2,1H3,(H,37,41). The molecule has 1 unspecified atom stereocenters. The van der Waals surface area contributed by atoms with Crippen molar-refractivity contribution in [2.45, 2.75) is 75.0 Å². The molecule has 44 heavy (non-hydrogen) atoms. The van der Waals surface area contributed by atoms with Crippen molar-refractivity contribution in [3.63, 3.8) is 0 Å². The van der Waals surface area contributed by atoms with E-state index < -0.39 is 21.9 Å². The number of piperidine rings is 2. The molecule has 3 heterocycles. The van der Waals surface area contributed by atoms with E-state index in [4.69, 9.17) is 23.2 Å². The first-order chi connectivity index (χ1) is 21.3. The Labute approximate surface area is 271 Å². The Kier molecular flexibility index (Phi) is 9.27. The number of amides is 1. The van der Waals surface area contributed by atoms with E-state index in [0.717, 1.165) is 75.0 Å². The van der Waals surface area contributed by atoms with Crippen LogP contribution in [0.4, 0.5) is 5.69 Å². The van der Waals surface area contributed by atoms with Gasteiger partial charge in [0, 0.05) is 31.7 Å². The van der Waals surface area contributed by atoms with Gasteiger partial charge in [0.1, 0.15) is 0 Å². The maximum atomic E-state index is 14.5. The first-order valence-electron chi connectivity index (χ1n) is 15.7. The third-order valence-corrected chi connectivity index (χ3v) is 12.0. The van der Waals surface area contributed by atoms with E-state index in [0.29, 0.717) is 5.69 Å². The quantitative estimate of drug-likeness (QED) is 0.273. The summed E-state index contributed by atoms with van der Waals surface area (Å²) in [6, 6.07) is 18.8. The molecule has 6 rings (SSSR count). The monoisotopic (exact) mass is 654 g/mol. The number of likely N-dealkylation sites (tertiary alicyclic amines) is 2. The molecule has 7 nitrogen and oxygen atoms in total. The Hall–Kier alpha value is -2.62. The van der Waals surface area contributed by atoms with Crippen LogP contribution < -0.4 is 9.62 Å². The molecule has 10 heteroatoms. The van der Waals surface area contributed by atoms with Gasteiger partial charge in [-0.05, 0) is 67.5 Å². The van der Waals surface area contributed by atoms with Crippen molar-refractivity contribution in [1.29, 1.82) is 0 Å². The summed E-state index contributed by atoms with van der Waals surface area (Å²) in [6.45, 7) is 5.88. The first-order valence-corrected chi connectivity index (χ1v) is 17.9. The second-order valence-corrected chi connectivity index (χ2v) is 14.6. The van der Waals surface area contributed by atoms with Crippen molar-refractivity contribution in [3.05, 3.63) is 82.3 Å². The summed E-state index contributed by atoms with van der Waals surface area (Å²) < 4.78 is 30.5. The zero-order valence-corrected chi connectivity index (χ0v) is 27.5. The molecule has 3 aliphatic heterocycles.